The molecule has 3 rings (SSSR count). The van der Waals surface area contributed by atoms with E-state index in [4.69, 9.17) is 4.43 Å². The van der Waals surface area contributed by atoms with Crippen LogP contribution < -0.4 is 0 Å². The van der Waals surface area contributed by atoms with Gasteiger partial charge in [-0.3, -0.25) is 0 Å². The van der Waals surface area contributed by atoms with Crippen molar-refractivity contribution in [2.45, 2.75) is 19.4 Å². The predicted molar refractivity (Wildman–Crippen MR) is 96.4 cm³/mol. The molecule has 0 saturated heterocycles. The van der Waals surface area contributed by atoms with Gasteiger partial charge in [0.05, 0.1) is 0 Å². The maximum atomic E-state index is 5.68. The Labute approximate surface area is 141 Å². The van der Waals surface area contributed by atoms with Crippen LogP contribution in [0.25, 0.3) is 11.1 Å². The molecule has 0 aromatic heterocycles. The van der Waals surface area contributed by atoms with E-state index in [1.807, 2.05) is 18.2 Å². The first-order valence-corrected chi connectivity index (χ1v) is 8.12. The lowest BCUT2D eigenvalue weighted by Crippen LogP contribution is -2.26. The van der Waals surface area contributed by atoms with Crippen molar-refractivity contribution in [3.8, 4) is 11.1 Å². The summed E-state index contributed by atoms with van der Waals surface area (Å²) in [7, 11) is 3.27. The molecule has 0 bridgehead atoms. The van der Waals surface area contributed by atoms with Crippen LogP contribution in [0.15, 0.2) is 78.9 Å². The lowest BCUT2D eigenvalue weighted by atomic mass is 9.87. The molecule has 0 saturated carbocycles. The van der Waals surface area contributed by atoms with Crippen molar-refractivity contribution in [3.63, 3.8) is 0 Å². The third-order valence-corrected chi connectivity index (χ3v) is 4.76. The first-order chi connectivity index (χ1) is 11.1. The molecule has 3 radical (unpaired) electrons. The summed E-state index contributed by atoms with van der Waals surface area (Å²) in [5.74, 6) is 0. The molecule has 0 amide bonds. The molecule has 23 heavy (non-hydrogen) atoms. The summed E-state index contributed by atoms with van der Waals surface area (Å²) in [6, 6.07) is 27.3. The van der Waals surface area contributed by atoms with Gasteiger partial charge in [0.1, 0.15) is 5.60 Å². The lowest BCUT2D eigenvalue weighted by Gasteiger charge is -2.30. The van der Waals surface area contributed by atoms with Crippen LogP contribution >= 0.6 is 0 Å². The molecule has 1 nitrogen and oxygen atoms in total. The molecular weight excluding hydrogens is 296 g/mol. The van der Waals surface area contributed by atoms with E-state index in [1.54, 1.807) is 0 Å². The molecule has 0 heterocycles. The van der Waals surface area contributed by atoms with Crippen molar-refractivity contribution < 1.29 is 4.43 Å². The molecule has 1 atom stereocenters. The smallest absolute Gasteiger partial charge is 0.248 e. The van der Waals surface area contributed by atoms with Crippen molar-refractivity contribution in [2.75, 3.05) is 0 Å². The molecule has 113 valence electrons. The molecule has 1 unspecified atom stereocenters. The second-order valence-corrected chi connectivity index (χ2v) is 6.15. The maximum absolute atomic E-state index is 5.68. The highest BCUT2D eigenvalue weighted by Crippen LogP contribution is 2.33. The Morgan fingerprint density at radius 1 is 0.696 bits per heavy atom. The average Bonchev–Trinajstić information content (AvgIpc) is 2.62. The number of benzene rings is 3. The zero-order valence-electron chi connectivity index (χ0n) is 13.4. The van der Waals surface area contributed by atoms with E-state index in [0.717, 1.165) is 11.1 Å². The number of hydrogen-bond acceptors (Lipinski definition) is 1. The van der Waals surface area contributed by atoms with Crippen LogP contribution in [0.5, 0.6) is 0 Å². The zero-order chi connectivity index (χ0) is 16.3. The van der Waals surface area contributed by atoms with Crippen molar-refractivity contribution >= 4 is 10.5 Å². The third-order valence-electron chi connectivity index (χ3n) is 4.35. The Morgan fingerprint density at radius 3 is 1.70 bits per heavy atom. The van der Waals surface area contributed by atoms with Crippen molar-refractivity contribution in [2.24, 2.45) is 0 Å². The van der Waals surface area contributed by atoms with Crippen LogP contribution in [-0.2, 0) is 10.0 Å². The highest BCUT2D eigenvalue weighted by molar-refractivity contribution is 5.98. The summed E-state index contributed by atoms with van der Waals surface area (Å²) in [5, 5.41) is 0. The summed E-state index contributed by atoms with van der Waals surface area (Å²) in [4.78, 5) is 0. The van der Waals surface area contributed by atoms with Crippen LogP contribution in [0.1, 0.15) is 23.6 Å². The molecule has 3 aromatic carbocycles. The largest absolute Gasteiger partial charge is 0.405 e. The van der Waals surface area contributed by atoms with Crippen molar-refractivity contribution in [1.29, 1.82) is 0 Å². The number of aryl methyl sites for hydroxylation is 1. The minimum Gasteiger partial charge on any atom is -0.405 e. The zero-order valence-corrected chi connectivity index (χ0v) is 14.4. The average molecular weight is 315 g/mol. The summed E-state index contributed by atoms with van der Waals surface area (Å²) in [6.07, 6.45) is 0. The van der Waals surface area contributed by atoms with Gasteiger partial charge in [-0.25, -0.2) is 0 Å². The molecule has 0 fully saturated rings. The van der Waals surface area contributed by atoms with Gasteiger partial charge in [0.2, 0.25) is 10.5 Å². The third kappa shape index (κ3) is 3.14. The molecule has 2 heteroatoms. The lowest BCUT2D eigenvalue weighted by molar-refractivity contribution is 0.148. The Kier molecular flexibility index (Phi) is 4.46. The Morgan fingerprint density at radius 2 is 1.17 bits per heavy atom. The normalized spacial score (nSPS) is 13.5. The van der Waals surface area contributed by atoms with Gasteiger partial charge in [0, 0.05) is 0 Å². The van der Waals surface area contributed by atoms with Crippen LogP contribution in [0, 0.1) is 6.92 Å². The number of rotatable bonds is 4. The van der Waals surface area contributed by atoms with E-state index in [2.05, 4.69) is 85.0 Å². The van der Waals surface area contributed by atoms with Gasteiger partial charge in [-0.05, 0) is 36.1 Å². The Balaban J connectivity index is 1.96. The van der Waals surface area contributed by atoms with E-state index in [1.165, 1.54) is 16.7 Å². The molecule has 0 aliphatic heterocycles. The van der Waals surface area contributed by atoms with Gasteiger partial charge < -0.3 is 4.43 Å². The highest BCUT2D eigenvalue weighted by atomic mass is 28.2. The minimum atomic E-state index is -0.524. The Hall–Kier alpha value is -2.16. The topological polar surface area (TPSA) is 9.23 Å². The fourth-order valence-corrected chi connectivity index (χ4v) is 3.00. The summed E-state index contributed by atoms with van der Waals surface area (Å²) in [5.41, 5.74) is 5.40. The molecule has 0 aliphatic rings. The van der Waals surface area contributed by atoms with Crippen LogP contribution in [0.3, 0.4) is 0 Å². The van der Waals surface area contributed by atoms with Gasteiger partial charge in [-0.15, -0.1) is 0 Å². The standard InChI is InChI=1S/C21H19OSi/c1-16-8-10-17(11-9-16)18-12-14-20(15-13-18)21(2,22-23)19-6-4-3-5-7-19/h3-15H,1-2H3. The van der Waals surface area contributed by atoms with Crippen LogP contribution in [-0.4, -0.2) is 10.5 Å². The van der Waals surface area contributed by atoms with E-state index >= 15 is 0 Å². The molecule has 0 aliphatic carbocycles. The summed E-state index contributed by atoms with van der Waals surface area (Å²) >= 11 is 0. The highest BCUT2D eigenvalue weighted by Gasteiger charge is 2.27. The Bertz CT molecular complexity index is 763. The molecule has 0 spiro atoms. The van der Waals surface area contributed by atoms with E-state index in [-0.39, 0.29) is 0 Å². The quantitative estimate of drug-likeness (QED) is 0.614. The van der Waals surface area contributed by atoms with Gasteiger partial charge >= 0.3 is 0 Å². The predicted octanol–water partition coefficient (Wildman–Crippen LogP) is 5.03. The summed E-state index contributed by atoms with van der Waals surface area (Å²) in [6.45, 7) is 4.17. The first-order valence-electron chi connectivity index (χ1n) is 7.71. The first kappa shape index (κ1) is 15.7. The molecular formula is C21H19OSi. The SMILES string of the molecule is Cc1ccc(-c2ccc(C(C)(O[Si])c3ccccc3)cc2)cc1. The minimum absolute atomic E-state index is 0.524. The van der Waals surface area contributed by atoms with E-state index in [0.29, 0.717) is 0 Å². The fourth-order valence-electron chi connectivity index (χ4n) is 2.77. The van der Waals surface area contributed by atoms with Gasteiger partial charge in [0.25, 0.3) is 0 Å². The van der Waals surface area contributed by atoms with Gasteiger partial charge in [-0.2, -0.15) is 0 Å². The fraction of sp³-hybridized carbons (Fsp3) is 0.143. The monoisotopic (exact) mass is 315 g/mol. The van der Waals surface area contributed by atoms with Gasteiger partial charge in [0.15, 0.2) is 0 Å². The molecule has 3 aromatic rings. The maximum Gasteiger partial charge on any atom is 0.248 e. The molecule has 0 N–H and O–H groups in total. The van der Waals surface area contributed by atoms with Gasteiger partial charge in [-0.1, -0.05) is 84.4 Å². The summed E-state index contributed by atoms with van der Waals surface area (Å²) < 4.78 is 5.68. The van der Waals surface area contributed by atoms with E-state index in [9.17, 15) is 0 Å². The van der Waals surface area contributed by atoms with Crippen LogP contribution in [0.4, 0.5) is 0 Å². The second-order valence-electron chi connectivity index (χ2n) is 5.94. The van der Waals surface area contributed by atoms with E-state index < -0.39 is 5.60 Å². The van der Waals surface area contributed by atoms with Crippen molar-refractivity contribution in [3.05, 3.63) is 95.6 Å². The number of hydrogen-bond donors (Lipinski definition) is 0. The van der Waals surface area contributed by atoms with Crippen molar-refractivity contribution in [1.82, 2.24) is 0 Å². The van der Waals surface area contributed by atoms with Crippen LogP contribution in [0.2, 0.25) is 0 Å². The second kappa shape index (κ2) is 6.53.